The first-order chi connectivity index (χ1) is 9.16. The van der Waals surface area contributed by atoms with Crippen molar-refractivity contribution in [2.45, 2.75) is 26.2 Å². The molecular weight excluding hydrogens is 234 g/mol. The molecule has 2 aromatic carbocycles. The lowest BCUT2D eigenvalue weighted by molar-refractivity contribution is 0.471. The van der Waals surface area contributed by atoms with Crippen molar-refractivity contribution >= 4 is 5.69 Å². The van der Waals surface area contributed by atoms with Crippen molar-refractivity contribution < 1.29 is 5.11 Å². The zero-order valence-electron chi connectivity index (χ0n) is 11.6. The number of rotatable bonds is 5. The van der Waals surface area contributed by atoms with Gasteiger partial charge in [0.05, 0.1) is 0 Å². The second kappa shape index (κ2) is 6.28. The molecule has 0 spiro atoms. The highest BCUT2D eigenvalue weighted by atomic mass is 16.3. The van der Waals surface area contributed by atoms with E-state index in [9.17, 15) is 5.11 Å². The largest absolute Gasteiger partial charge is 0.508 e. The van der Waals surface area contributed by atoms with E-state index in [1.165, 1.54) is 5.56 Å². The van der Waals surface area contributed by atoms with Gasteiger partial charge >= 0.3 is 0 Å². The highest BCUT2D eigenvalue weighted by molar-refractivity contribution is 5.50. The Hall–Kier alpha value is -1.96. The normalized spacial score (nSPS) is 12.1. The van der Waals surface area contributed by atoms with Crippen LogP contribution in [0.4, 0.5) is 5.69 Å². The molecule has 2 rings (SSSR count). The highest BCUT2D eigenvalue weighted by Crippen LogP contribution is 2.22. The van der Waals surface area contributed by atoms with Crippen LogP contribution in [0.25, 0.3) is 0 Å². The molecular formula is C17H21NO. The molecule has 1 unspecified atom stereocenters. The highest BCUT2D eigenvalue weighted by Gasteiger charge is 2.04. The molecule has 0 heterocycles. The van der Waals surface area contributed by atoms with Gasteiger partial charge in [0.25, 0.3) is 0 Å². The number of phenolic OH excluding ortho intramolecular Hbond substituents is 1. The molecule has 0 bridgehead atoms. The lowest BCUT2D eigenvalue weighted by Crippen LogP contribution is -2.05. The zero-order chi connectivity index (χ0) is 13.7. The van der Waals surface area contributed by atoms with Gasteiger partial charge in [-0.3, -0.25) is 0 Å². The van der Waals surface area contributed by atoms with Gasteiger partial charge in [-0.2, -0.15) is 0 Å². The van der Waals surface area contributed by atoms with Crippen LogP contribution < -0.4 is 5.32 Å². The van der Waals surface area contributed by atoms with Crippen molar-refractivity contribution in [3.8, 4) is 5.75 Å². The van der Waals surface area contributed by atoms with E-state index < -0.39 is 0 Å². The summed E-state index contributed by atoms with van der Waals surface area (Å²) in [5, 5.41) is 13.0. The molecule has 19 heavy (non-hydrogen) atoms. The summed E-state index contributed by atoms with van der Waals surface area (Å²) in [4.78, 5) is 0. The Labute approximate surface area is 115 Å². The smallest absolute Gasteiger partial charge is 0.120 e. The maximum absolute atomic E-state index is 9.65. The van der Waals surface area contributed by atoms with Crippen LogP contribution in [0.15, 0.2) is 48.5 Å². The number of aromatic hydroxyl groups is 1. The van der Waals surface area contributed by atoms with Gasteiger partial charge in [0.1, 0.15) is 5.75 Å². The summed E-state index contributed by atoms with van der Waals surface area (Å²) in [6.45, 7) is 5.04. The predicted molar refractivity (Wildman–Crippen MR) is 80.8 cm³/mol. The zero-order valence-corrected chi connectivity index (χ0v) is 11.6. The molecule has 0 aliphatic rings. The topological polar surface area (TPSA) is 32.3 Å². The van der Waals surface area contributed by atoms with Crippen molar-refractivity contribution in [2.75, 3.05) is 11.9 Å². The summed E-state index contributed by atoms with van der Waals surface area (Å²) in [6, 6.07) is 16.3. The minimum atomic E-state index is 0.348. The van der Waals surface area contributed by atoms with Gasteiger partial charge in [-0.05, 0) is 36.5 Å². The Kier molecular flexibility index (Phi) is 4.45. The van der Waals surface area contributed by atoms with Crippen LogP contribution in [-0.4, -0.2) is 11.7 Å². The average molecular weight is 255 g/mol. The van der Waals surface area contributed by atoms with E-state index in [-0.39, 0.29) is 0 Å². The van der Waals surface area contributed by atoms with Crippen molar-refractivity contribution in [1.82, 2.24) is 0 Å². The predicted octanol–water partition coefficient (Wildman–Crippen LogP) is 4.31. The molecule has 100 valence electrons. The van der Waals surface area contributed by atoms with E-state index in [1.807, 2.05) is 25.1 Å². The Morgan fingerprint density at radius 2 is 1.84 bits per heavy atom. The second-order valence-corrected chi connectivity index (χ2v) is 5.03. The van der Waals surface area contributed by atoms with E-state index in [0.717, 1.165) is 24.2 Å². The second-order valence-electron chi connectivity index (χ2n) is 5.03. The lowest BCUT2D eigenvalue weighted by Gasteiger charge is -2.13. The Bertz CT molecular complexity index is 522. The summed E-state index contributed by atoms with van der Waals surface area (Å²) in [5.74, 6) is 0.883. The van der Waals surface area contributed by atoms with Crippen LogP contribution in [0.2, 0.25) is 0 Å². The summed E-state index contributed by atoms with van der Waals surface area (Å²) < 4.78 is 0. The molecule has 0 fully saturated rings. The third-order valence-electron chi connectivity index (χ3n) is 3.48. The first-order valence-corrected chi connectivity index (χ1v) is 6.75. The summed E-state index contributed by atoms with van der Waals surface area (Å²) in [7, 11) is 0. The standard InChI is InChI=1S/C17H21NO/c1-13(15-6-4-3-5-7-15)10-11-18-16-9-8-14(2)17(19)12-16/h3-9,12-13,18-19H,10-11H2,1-2H3. The molecule has 2 aromatic rings. The molecule has 0 saturated carbocycles. The molecule has 2 heteroatoms. The van der Waals surface area contributed by atoms with E-state index in [1.54, 1.807) is 6.07 Å². The molecule has 0 aliphatic carbocycles. The fourth-order valence-electron chi connectivity index (χ4n) is 2.10. The molecule has 2 nitrogen and oxygen atoms in total. The van der Waals surface area contributed by atoms with Crippen molar-refractivity contribution in [2.24, 2.45) is 0 Å². The molecule has 0 aliphatic heterocycles. The SMILES string of the molecule is Cc1ccc(NCCC(C)c2ccccc2)cc1O. The first kappa shape index (κ1) is 13.5. The third-order valence-corrected chi connectivity index (χ3v) is 3.48. The van der Waals surface area contributed by atoms with Gasteiger partial charge in [0.15, 0.2) is 0 Å². The number of nitrogens with one attached hydrogen (secondary N) is 1. The molecule has 2 N–H and O–H groups in total. The van der Waals surface area contributed by atoms with Crippen LogP contribution >= 0.6 is 0 Å². The Morgan fingerprint density at radius 1 is 1.11 bits per heavy atom. The van der Waals surface area contributed by atoms with Crippen LogP contribution in [0.1, 0.15) is 30.4 Å². The third kappa shape index (κ3) is 3.75. The molecule has 1 atom stereocenters. The van der Waals surface area contributed by atoms with Crippen molar-refractivity contribution in [1.29, 1.82) is 0 Å². The number of benzene rings is 2. The molecule has 0 radical (unpaired) electrons. The van der Waals surface area contributed by atoms with Crippen molar-refractivity contribution in [3.63, 3.8) is 0 Å². The van der Waals surface area contributed by atoms with Gasteiger partial charge < -0.3 is 10.4 Å². The van der Waals surface area contributed by atoms with Crippen molar-refractivity contribution in [3.05, 3.63) is 59.7 Å². The minimum absolute atomic E-state index is 0.348. The fraction of sp³-hybridized carbons (Fsp3) is 0.294. The number of hydrogen-bond donors (Lipinski definition) is 2. The minimum Gasteiger partial charge on any atom is -0.508 e. The Balaban J connectivity index is 1.85. The summed E-state index contributed by atoms with van der Waals surface area (Å²) in [5.41, 5.74) is 3.25. The summed E-state index contributed by atoms with van der Waals surface area (Å²) >= 11 is 0. The molecule has 0 saturated heterocycles. The lowest BCUT2D eigenvalue weighted by atomic mass is 9.98. The summed E-state index contributed by atoms with van der Waals surface area (Å²) in [6.07, 6.45) is 1.07. The van der Waals surface area contributed by atoms with Crippen LogP contribution in [0.3, 0.4) is 0 Å². The number of aryl methyl sites for hydroxylation is 1. The van der Waals surface area contributed by atoms with Gasteiger partial charge in [-0.1, -0.05) is 43.3 Å². The van der Waals surface area contributed by atoms with Crippen LogP contribution in [0.5, 0.6) is 5.75 Å². The van der Waals surface area contributed by atoms with Gasteiger partial charge in [0.2, 0.25) is 0 Å². The quantitative estimate of drug-likeness (QED) is 0.834. The number of anilines is 1. The van der Waals surface area contributed by atoms with Crippen LogP contribution in [0, 0.1) is 6.92 Å². The van der Waals surface area contributed by atoms with Crippen LogP contribution in [-0.2, 0) is 0 Å². The maximum atomic E-state index is 9.65. The van der Waals surface area contributed by atoms with E-state index in [0.29, 0.717) is 11.7 Å². The monoisotopic (exact) mass is 255 g/mol. The molecule has 0 aromatic heterocycles. The van der Waals surface area contributed by atoms with Gasteiger partial charge in [-0.15, -0.1) is 0 Å². The van der Waals surface area contributed by atoms with Gasteiger partial charge in [0, 0.05) is 18.3 Å². The van der Waals surface area contributed by atoms with E-state index in [4.69, 9.17) is 0 Å². The maximum Gasteiger partial charge on any atom is 0.120 e. The molecule has 0 amide bonds. The first-order valence-electron chi connectivity index (χ1n) is 6.75. The average Bonchev–Trinajstić information content (AvgIpc) is 2.43. The Morgan fingerprint density at radius 3 is 2.53 bits per heavy atom. The van der Waals surface area contributed by atoms with E-state index >= 15 is 0 Å². The van der Waals surface area contributed by atoms with E-state index in [2.05, 4.69) is 36.5 Å². The number of hydrogen-bond acceptors (Lipinski definition) is 2. The number of phenols is 1. The fourth-order valence-corrected chi connectivity index (χ4v) is 2.10. The van der Waals surface area contributed by atoms with Gasteiger partial charge in [-0.25, -0.2) is 0 Å².